The van der Waals surface area contributed by atoms with Crippen LogP contribution in [0.3, 0.4) is 0 Å². The maximum Gasteiger partial charge on any atom is 0.573 e. The number of nitrogens with one attached hydrogen (secondary N) is 2. The van der Waals surface area contributed by atoms with Crippen molar-refractivity contribution in [3.05, 3.63) is 60.4 Å². The third-order valence-electron chi connectivity index (χ3n) is 6.27. The maximum absolute atomic E-state index is 12.4. The number of aryl methyl sites for hydroxylation is 1. The van der Waals surface area contributed by atoms with Crippen LogP contribution in [-0.2, 0) is 7.05 Å². The van der Waals surface area contributed by atoms with Crippen LogP contribution in [0, 0.1) is 0 Å². The Hall–Kier alpha value is -4.15. The second kappa shape index (κ2) is 9.14. The van der Waals surface area contributed by atoms with Gasteiger partial charge in [0.05, 0.1) is 17.3 Å². The van der Waals surface area contributed by atoms with E-state index in [1.165, 1.54) is 12.1 Å². The predicted molar refractivity (Wildman–Crippen MR) is 131 cm³/mol. The molecule has 8 nitrogen and oxygen atoms in total. The van der Waals surface area contributed by atoms with E-state index >= 15 is 0 Å². The number of fused-ring (bicyclic) bond motifs is 1. The molecule has 0 saturated carbocycles. The number of aromatic amines is 1. The van der Waals surface area contributed by atoms with Crippen molar-refractivity contribution in [2.24, 2.45) is 12.8 Å². The summed E-state index contributed by atoms with van der Waals surface area (Å²) in [5.41, 5.74) is 10.1. The van der Waals surface area contributed by atoms with Crippen LogP contribution in [0.25, 0.3) is 22.2 Å². The first kappa shape index (κ1) is 23.6. The second-order valence-electron chi connectivity index (χ2n) is 8.87. The summed E-state index contributed by atoms with van der Waals surface area (Å²) in [4.78, 5) is 17.7. The van der Waals surface area contributed by atoms with Gasteiger partial charge in [0.2, 0.25) is 0 Å². The molecule has 188 valence electrons. The molecule has 4 N–H and O–H groups in total. The lowest BCUT2D eigenvalue weighted by Gasteiger charge is -2.35. The zero-order chi connectivity index (χ0) is 25.4. The van der Waals surface area contributed by atoms with E-state index in [-0.39, 0.29) is 11.8 Å². The molecule has 1 atom stereocenters. The van der Waals surface area contributed by atoms with Crippen LogP contribution >= 0.6 is 0 Å². The van der Waals surface area contributed by atoms with Crippen LogP contribution < -0.4 is 20.7 Å². The lowest BCUT2D eigenvalue weighted by Crippen LogP contribution is -2.42. The van der Waals surface area contributed by atoms with Gasteiger partial charge < -0.3 is 25.7 Å². The minimum absolute atomic E-state index is 0.0794. The van der Waals surface area contributed by atoms with Gasteiger partial charge in [0.15, 0.2) is 0 Å². The van der Waals surface area contributed by atoms with Crippen molar-refractivity contribution in [3.8, 4) is 17.0 Å². The highest BCUT2D eigenvalue weighted by Crippen LogP contribution is 2.35. The zero-order valence-corrected chi connectivity index (χ0v) is 19.5. The molecule has 36 heavy (non-hydrogen) atoms. The Morgan fingerprint density at radius 2 is 2.00 bits per heavy atom. The van der Waals surface area contributed by atoms with E-state index < -0.39 is 12.3 Å². The van der Waals surface area contributed by atoms with Crippen molar-refractivity contribution in [1.29, 1.82) is 0 Å². The van der Waals surface area contributed by atoms with Crippen LogP contribution in [0.4, 0.5) is 24.5 Å². The Morgan fingerprint density at radius 3 is 2.67 bits per heavy atom. The molecule has 1 fully saturated rings. The maximum atomic E-state index is 12.4. The average molecular weight is 499 g/mol. The summed E-state index contributed by atoms with van der Waals surface area (Å²) >= 11 is 0. The quantitative estimate of drug-likeness (QED) is 0.359. The monoisotopic (exact) mass is 498 g/mol. The smallest absolute Gasteiger partial charge is 0.406 e. The fourth-order valence-corrected chi connectivity index (χ4v) is 4.70. The van der Waals surface area contributed by atoms with Crippen molar-refractivity contribution in [2.75, 3.05) is 23.3 Å². The first-order valence-corrected chi connectivity index (χ1v) is 11.5. The summed E-state index contributed by atoms with van der Waals surface area (Å²) in [6.07, 6.45) is 0.753. The first-order valence-electron chi connectivity index (χ1n) is 11.5. The summed E-state index contributed by atoms with van der Waals surface area (Å²) < 4.78 is 42.9. The van der Waals surface area contributed by atoms with Crippen molar-refractivity contribution in [2.45, 2.75) is 25.2 Å². The molecule has 0 aliphatic carbocycles. The third kappa shape index (κ3) is 4.95. The molecule has 0 bridgehead atoms. The molecule has 4 aromatic rings. The minimum Gasteiger partial charge on any atom is -0.406 e. The molecule has 5 rings (SSSR count). The number of anilines is 2. The van der Waals surface area contributed by atoms with E-state index in [1.807, 2.05) is 25.4 Å². The number of halogens is 3. The van der Waals surface area contributed by atoms with Gasteiger partial charge in [-0.3, -0.25) is 9.48 Å². The summed E-state index contributed by atoms with van der Waals surface area (Å²) in [5.74, 6) is -0.769. The highest BCUT2D eigenvalue weighted by atomic mass is 19.4. The van der Waals surface area contributed by atoms with E-state index in [0.29, 0.717) is 23.3 Å². The SMILES string of the molecule is Cn1cc(-c2cc3c(N4CCC[C@@H](Nc5ccc(OC(F)(F)F)cc5)C4)ccc(C(N)=O)c3[nH]2)cn1. The van der Waals surface area contributed by atoms with Crippen molar-refractivity contribution in [1.82, 2.24) is 14.8 Å². The molecular weight excluding hydrogens is 473 g/mol. The van der Waals surface area contributed by atoms with Crippen molar-refractivity contribution >= 4 is 28.2 Å². The number of rotatable bonds is 6. The predicted octanol–water partition coefficient (Wildman–Crippen LogP) is 4.65. The Kier molecular flexibility index (Phi) is 5.99. The summed E-state index contributed by atoms with van der Waals surface area (Å²) in [7, 11) is 1.84. The Bertz CT molecular complexity index is 1390. The number of nitrogens with zero attached hydrogens (tertiary/aromatic N) is 3. The van der Waals surface area contributed by atoms with Crippen LogP contribution in [0.2, 0.25) is 0 Å². The van der Waals surface area contributed by atoms with E-state index in [2.05, 4.69) is 25.0 Å². The number of alkyl halides is 3. The summed E-state index contributed by atoms with van der Waals surface area (Å²) in [6, 6.07) is 11.5. The normalized spacial score (nSPS) is 16.3. The fraction of sp³-hybridized carbons (Fsp3) is 0.280. The highest BCUT2D eigenvalue weighted by molar-refractivity contribution is 6.09. The number of nitrogens with two attached hydrogens (primary N) is 1. The number of primary amides is 1. The van der Waals surface area contributed by atoms with Crippen molar-refractivity contribution in [3.63, 3.8) is 0 Å². The number of hydrogen-bond donors (Lipinski definition) is 3. The summed E-state index contributed by atoms with van der Waals surface area (Å²) in [6.45, 7) is 1.51. The molecular formula is C25H25F3N6O2. The third-order valence-corrected chi connectivity index (χ3v) is 6.27. The van der Waals surface area contributed by atoms with Crippen molar-refractivity contribution < 1.29 is 22.7 Å². The van der Waals surface area contributed by atoms with Gasteiger partial charge in [-0.2, -0.15) is 5.10 Å². The number of benzene rings is 2. The fourth-order valence-electron chi connectivity index (χ4n) is 4.70. The van der Waals surface area contributed by atoms with Gasteiger partial charge in [-0.15, -0.1) is 13.2 Å². The number of aromatic nitrogens is 3. The van der Waals surface area contributed by atoms with E-state index in [0.717, 1.165) is 41.7 Å². The second-order valence-corrected chi connectivity index (χ2v) is 8.87. The van der Waals surface area contributed by atoms with Crippen LogP contribution in [0.1, 0.15) is 23.2 Å². The number of amides is 1. The minimum atomic E-state index is -4.72. The average Bonchev–Trinajstić information content (AvgIpc) is 3.45. The van der Waals surface area contributed by atoms with Crippen LogP contribution in [-0.4, -0.2) is 46.2 Å². The number of hydrogen-bond acceptors (Lipinski definition) is 5. The van der Waals surface area contributed by atoms with Gasteiger partial charge >= 0.3 is 6.36 Å². The van der Waals surface area contributed by atoms with E-state index in [1.54, 1.807) is 29.1 Å². The Balaban J connectivity index is 1.39. The topological polar surface area (TPSA) is 101 Å². The number of carbonyl (C=O) groups is 1. The van der Waals surface area contributed by atoms with Crippen LogP contribution in [0.5, 0.6) is 5.75 Å². The molecule has 11 heteroatoms. The Labute approximate surface area is 204 Å². The summed E-state index contributed by atoms with van der Waals surface area (Å²) in [5, 5.41) is 8.53. The Morgan fingerprint density at radius 1 is 1.22 bits per heavy atom. The van der Waals surface area contributed by atoms with Crippen LogP contribution in [0.15, 0.2) is 54.9 Å². The first-order chi connectivity index (χ1) is 17.2. The molecule has 1 amide bonds. The molecule has 0 spiro atoms. The van der Waals surface area contributed by atoms with E-state index in [4.69, 9.17) is 5.73 Å². The molecule has 2 aromatic carbocycles. The van der Waals surface area contributed by atoms with Gasteiger partial charge in [0.1, 0.15) is 5.75 Å². The standard InChI is InChI=1S/C25H25F3N6O2/c1-33-13-15(12-30-33)21-11-20-22(9-8-19(24(29)35)23(20)32-21)34-10-2-3-17(14-34)31-16-4-6-18(7-5-16)36-25(26,27)28/h4-9,11-13,17,31-32H,2-3,10,14H2,1H3,(H2,29,35)/t17-/m1/s1. The molecule has 2 aromatic heterocycles. The highest BCUT2D eigenvalue weighted by Gasteiger charge is 2.31. The molecule has 0 radical (unpaired) electrons. The lowest BCUT2D eigenvalue weighted by atomic mass is 10.0. The van der Waals surface area contributed by atoms with Gasteiger partial charge in [-0.1, -0.05) is 0 Å². The zero-order valence-electron chi connectivity index (χ0n) is 19.5. The van der Waals surface area contributed by atoms with Gasteiger partial charge in [0.25, 0.3) is 5.91 Å². The molecule has 1 aliphatic heterocycles. The van der Waals surface area contributed by atoms with Gasteiger partial charge in [-0.05, 0) is 55.3 Å². The van der Waals surface area contributed by atoms with Gasteiger partial charge in [0, 0.05) is 60.4 Å². The number of H-pyrrole nitrogens is 1. The number of carbonyl (C=O) groups excluding carboxylic acids is 1. The largest absolute Gasteiger partial charge is 0.573 e. The molecule has 1 aliphatic rings. The molecule has 0 unspecified atom stereocenters. The number of ether oxygens (including phenoxy) is 1. The van der Waals surface area contributed by atoms with Gasteiger partial charge in [-0.25, -0.2) is 0 Å². The molecule has 1 saturated heterocycles. The lowest BCUT2D eigenvalue weighted by molar-refractivity contribution is -0.274. The number of piperidine rings is 1. The van der Waals surface area contributed by atoms with E-state index in [9.17, 15) is 18.0 Å². The molecule has 3 heterocycles.